The van der Waals surface area contributed by atoms with Gasteiger partial charge in [0.15, 0.2) is 0 Å². The molecule has 2 heteroatoms. The van der Waals surface area contributed by atoms with Gasteiger partial charge in [-0.1, -0.05) is 56.9 Å². The summed E-state index contributed by atoms with van der Waals surface area (Å²) in [6.45, 7) is 8.62. The average Bonchev–Trinajstić information content (AvgIpc) is 2.54. The van der Waals surface area contributed by atoms with Crippen LogP contribution in [0.25, 0.3) is 0 Å². The third-order valence-electron chi connectivity index (χ3n) is 5.24. The van der Waals surface area contributed by atoms with Crippen LogP contribution in [0.1, 0.15) is 56.2 Å². The van der Waals surface area contributed by atoms with E-state index < -0.39 is 0 Å². The fraction of sp³-hybridized carbons (Fsp3) is 0.684. The van der Waals surface area contributed by atoms with Crippen LogP contribution in [0, 0.1) is 0 Å². The van der Waals surface area contributed by atoms with Crippen LogP contribution in [0.3, 0.4) is 0 Å². The molecule has 1 atom stereocenters. The summed E-state index contributed by atoms with van der Waals surface area (Å²) in [5.74, 6) is 0. The highest BCUT2D eigenvalue weighted by Crippen LogP contribution is 2.32. The van der Waals surface area contributed by atoms with Gasteiger partial charge in [-0.2, -0.15) is 0 Å². The van der Waals surface area contributed by atoms with Crippen molar-refractivity contribution < 1.29 is 0 Å². The Labute approximate surface area is 130 Å². The maximum absolute atomic E-state index is 2.70. The molecule has 1 unspecified atom stereocenters. The number of hydrogen-bond acceptors (Lipinski definition) is 2. The Kier molecular flexibility index (Phi) is 5.32. The molecule has 1 aromatic rings. The Balaban J connectivity index is 1.54. The lowest BCUT2D eigenvalue weighted by Crippen LogP contribution is -2.50. The first-order valence-corrected chi connectivity index (χ1v) is 8.92. The van der Waals surface area contributed by atoms with Crippen LogP contribution in [0.2, 0.25) is 0 Å². The van der Waals surface area contributed by atoms with Gasteiger partial charge in [0.25, 0.3) is 0 Å². The monoisotopic (exact) mass is 286 g/mol. The number of unbranched alkanes of at least 4 members (excludes halogenated alkanes) is 4. The zero-order valence-electron chi connectivity index (χ0n) is 13.6. The quantitative estimate of drug-likeness (QED) is 0.732. The van der Waals surface area contributed by atoms with Crippen molar-refractivity contribution in [3.8, 4) is 0 Å². The molecule has 2 nitrogen and oxygen atoms in total. The van der Waals surface area contributed by atoms with Crippen LogP contribution in [-0.2, 0) is 6.42 Å². The summed E-state index contributed by atoms with van der Waals surface area (Å²) in [5, 5.41) is 0. The van der Waals surface area contributed by atoms with Crippen LogP contribution in [-0.4, -0.2) is 42.5 Å². The molecule has 2 aliphatic rings. The summed E-state index contributed by atoms with van der Waals surface area (Å²) in [6.07, 6.45) is 8.21. The maximum Gasteiger partial charge on any atom is 0.0478 e. The van der Waals surface area contributed by atoms with Crippen molar-refractivity contribution in [1.29, 1.82) is 0 Å². The highest BCUT2D eigenvalue weighted by molar-refractivity contribution is 5.33. The molecular formula is C19H30N2. The minimum atomic E-state index is 0.652. The van der Waals surface area contributed by atoms with E-state index in [2.05, 4.69) is 41.0 Å². The van der Waals surface area contributed by atoms with Crippen molar-refractivity contribution >= 4 is 0 Å². The minimum absolute atomic E-state index is 0.652. The fourth-order valence-electron chi connectivity index (χ4n) is 3.93. The zero-order chi connectivity index (χ0) is 14.5. The van der Waals surface area contributed by atoms with Gasteiger partial charge in [-0.15, -0.1) is 0 Å². The molecule has 116 valence electrons. The predicted molar refractivity (Wildman–Crippen MR) is 89.7 cm³/mol. The van der Waals surface area contributed by atoms with E-state index in [0.29, 0.717) is 6.04 Å². The van der Waals surface area contributed by atoms with E-state index in [9.17, 15) is 0 Å². The highest BCUT2D eigenvalue weighted by Gasteiger charge is 2.31. The van der Waals surface area contributed by atoms with Gasteiger partial charge in [0, 0.05) is 32.2 Å². The summed E-state index contributed by atoms with van der Waals surface area (Å²) in [4.78, 5) is 5.41. The van der Waals surface area contributed by atoms with Gasteiger partial charge in [0.1, 0.15) is 0 Å². The summed E-state index contributed by atoms with van der Waals surface area (Å²) < 4.78 is 0. The van der Waals surface area contributed by atoms with Crippen LogP contribution in [0.4, 0.5) is 0 Å². The average molecular weight is 286 g/mol. The molecule has 21 heavy (non-hydrogen) atoms. The Morgan fingerprint density at radius 1 is 1.00 bits per heavy atom. The van der Waals surface area contributed by atoms with Gasteiger partial charge in [0.05, 0.1) is 0 Å². The van der Waals surface area contributed by atoms with Gasteiger partial charge in [-0.25, -0.2) is 0 Å². The Hall–Kier alpha value is -0.860. The van der Waals surface area contributed by atoms with E-state index in [4.69, 9.17) is 0 Å². The van der Waals surface area contributed by atoms with E-state index in [-0.39, 0.29) is 0 Å². The molecule has 0 amide bonds. The predicted octanol–water partition coefficient (Wildman–Crippen LogP) is 3.87. The van der Waals surface area contributed by atoms with Crippen LogP contribution < -0.4 is 0 Å². The first kappa shape index (κ1) is 15.1. The largest absolute Gasteiger partial charge is 0.300 e. The molecule has 0 bridgehead atoms. The molecule has 1 saturated heterocycles. The molecule has 0 radical (unpaired) electrons. The lowest BCUT2D eigenvalue weighted by molar-refractivity contribution is 0.0663. The third-order valence-corrected chi connectivity index (χ3v) is 5.24. The van der Waals surface area contributed by atoms with Crippen molar-refractivity contribution in [2.45, 2.75) is 51.5 Å². The normalized spacial score (nSPS) is 22.8. The summed E-state index contributed by atoms with van der Waals surface area (Å²) in [5.41, 5.74) is 3.18. The smallest absolute Gasteiger partial charge is 0.0478 e. The van der Waals surface area contributed by atoms with Crippen LogP contribution in [0.5, 0.6) is 0 Å². The molecule has 3 rings (SSSR count). The topological polar surface area (TPSA) is 6.48 Å². The standard InChI is InChI=1S/C19H30N2/c1-2-3-4-5-8-12-20-14-15-21-13-11-17-9-6-7-10-18(17)19(21)16-20/h6-7,9-10,19H,2-5,8,11-16H2,1H3. The molecule has 0 saturated carbocycles. The Bertz CT molecular complexity index is 443. The van der Waals surface area contributed by atoms with Crippen LogP contribution in [0.15, 0.2) is 24.3 Å². The Morgan fingerprint density at radius 2 is 1.86 bits per heavy atom. The third kappa shape index (κ3) is 3.67. The number of hydrogen-bond donors (Lipinski definition) is 0. The van der Waals surface area contributed by atoms with Crippen LogP contribution >= 0.6 is 0 Å². The summed E-state index contributed by atoms with van der Waals surface area (Å²) in [6, 6.07) is 9.75. The maximum atomic E-state index is 2.70. The zero-order valence-corrected chi connectivity index (χ0v) is 13.6. The van der Waals surface area contributed by atoms with Gasteiger partial charge in [-0.05, 0) is 30.5 Å². The molecular weight excluding hydrogens is 256 g/mol. The molecule has 0 spiro atoms. The Morgan fingerprint density at radius 3 is 2.76 bits per heavy atom. The number of benzene rings is 1. The molecule has 2 heterocycles. The minimum Gasteiger partial charge on any atom is -0.300 e. The van der Waals surface area contributed by atoms with E-state index in [0.717, 1.165) is 0 Å². The number of fused-ring (bicyclic) bond motifs is 3. The van der Waals surface area contributed by atoms with Crippen molar-refractivity contribution in [3.63, 3.8) is 0 Å². The van der Waals surface area contributed by atoms with Crippen molar-refractivity contribution in [1.82, 2.24) is 9.80 Å². The molecule has 0 aliphatic carbocycles. The van der Waals surface area contributed by atoms with Crippen molar-refractivity contribution in [2.75, 3.05) is 32.7 Å². The van der Waals surface area contributed by atoms with Crippen molar-refractivity contribution in [3.05, 3.63) is 35.4 Å². The van der Waals surface area contributed by atoms with Crippen molar-refractivity contribution in [2.24, 2.45) is 0 Å². The number of nitrogens with zero attached hydrogens (tertiary/aromatic N) is 2. The van der Waals surface area contributed by atoms with E-state index >= 15 is 0 Å². The molecule has 1 aromatic carbocycles. The first-order valence-electron chi connectivity index (χ1n) is 8.92. The first-order chi connectivity index (χ1) is 10.4. The SMILES string of the molecule is CCCCCCCN1CCN2CCc3ccccc3C2C1. The summed E-state index contributed by atoms with van der Waals surface area (Å²) in [7, 11) is 0. The lowest BCUT2D eigenvalue weighted by Gasteiger charge is -2.45. The van der Waals surface area contributed by atoms with Gasteiger partial charge < -0.3 is 4.90 Å². The molecule has 2 aliphatic heterocycles. The second kappa shape index (κ2) is 7.42. The van der Waals surface area contributed by atoms with Gasteiger partial charge in [-0.3, -0.25) is 4.90 Å². The molecule has 1 fully saturated rings. The number of piperazine rings is 1. The van der Waals surface area contributed by atoms with E-state index in [1.807, 2.05) is 0 Å². The second-order valence-corrected chi connectivity index (χ2v) is 6.72. The summed E-state index contributed by atoms with van der Waals surface area (Å²) >= 11 is 0. The second-order valence-electron chi connectivity index (χ2n) is 6.72. The fourth-order valence-corrected chi connectivity index (χ4v) is 3.93. The van der Waals surface area contributed by atoms with Gasteiger partial charge in [0.2, 0.25) is 0 Å². The van der Waals surface area contributed by atoms with E-state index in [1.165, 1.54) is 71.2 Å². The van der Waals surface area contributed by atoms with E-state index in [1.54, 1.807) is 11.1 Å². The number of rotatable bonds is 6. The highest BCUT2D eigenvalue weighted by atomic mass is 15.3. The van der Waals surface area contributed by atoms with Gasteiger partial charge >= 0.3 is 0 Å². The lowest BCUT2D eigenvalue weighted by atomic mass is 9.91. The molecule has 0 N–H and O–H groups in total. The molecule has 0 aromatic heterocycles.